The number of rotatable bonds is 19. The van der Waals surface area contributed by atoms with Crippen molar-refractivity contribution in [3.05, 3.63) is 118 Å². The Bertz CT molecular complexity index is 2080. The van der Waals surface area contributed by atoms with Crippen LogP contribution in [0.25, 0.3) is 44.7 Å². The van der Waals surface area contributed by atoms with Crippen LogP contribution < -0.4 is 115 Å². The second-order valence-corrected chi connectivity index (χ2v) is 19.1. The lowest BCUT2D eigenvalue weighted by molar-refractivity contribution is -0.899. The van der Waals surface area contributed by atoms with Gasteiger partial charge in [0.2, 0.25) is 11.0 Å². The van der Waals surface area contributed by atoms with Crippen LogP contribution in [0, 0.1) is 0 Å². The molecule has 0 saturated heterocycles. The minimum absolute atomic E-state index is 0. The van der Waals surface area contributed by atoms with E-state index in [0.29, 0.717) is 0 Å². The number of thiazole rings is 2. The summed E-state index contributed by atoms with van der Waals surface area (Å²) in [5, 5.41) is 2.63. The molecule has 0 radical (unpaired) electrons. The molecule has 12 heteroatoms. The predicted octanol–water partition coefficient (Wildman–Crippen LogP) is -2.41. The number of unbranched alkanes of at least 4 members (excludes halogenated alkanes) is 1. The molecule has 2 heterocycles. The molecule has 326 valence electrons. The molecule has 0 amide bonds. The van der Waals surface area contributed by atoms with Gasteiger partial charge in [-0.2, -0.15) is 9.13 Å². The number of aryl methyl sites for hydroxylation is 2. The number of hydrogen-bond acceptors (Lipinski definition) is 4. The Morgan fingerprint density at radius 1 is 0.450 bits per heavy atom. The molecular formula is C48H64I4N6S2. The van der Waals surface area contributed by atoms with Crippen molar-refractivity contribution in [2.24, 2.45) is 0 Å². The maximum absolute atomic E-state index is 2.53. The SMILES string of the molecule is CN(C)c1ccc(/C=C/c2sc3ccccc3[n+]2CCC[N+](C)(C)CCCC[N+](C)(C)CCC[n+]2c(/C=C/c3ccc(N(C)C)cc3)sc3ccccc32)cc1.[I-].[I-].[I-].[I-]. The molecule has 0 aliphatic carbocycles. The van der Waals surface area contributed by atoms with Crippen LogP contribution in [-0.4, -0.2) is 91.5 Å². The highest BCUT2D eigenvalue weighted by molar-refractivity contribution is 7.19. The highest BCUT2D eigenvalue weighted by atomic mass is 127. The summed E-state index contributed by atoms with van der Waals surface area (Å²) in [6.07, 6.45) is 14.0. The van der Waals surface area contributed by atoms with Gasteiger partial charge in [-0.25, -0.2) is 0 Å². The van der Waals surface area contributed by atoms with E-state index in [1.807, 2.05) is 22.7 Å². The Kier molecular flexibility index (Phi) is 23.5. The molecule has 0 fully saturated rings. The molecule has 6 rings (SSSR count). The van der Waals surface area contributed by atoms with Crippen LogP contribution >= 0.6 is 22.7 Å². The fourth-order valence-corrected chi connectivity index (χ4v) is 9.72. The third-order valence-corrected chi connectivity index (χ3v) is 13.3. The average Bonchev–Trinajstić information content (AvgIpc) is 3.72. The molecule has 0 aliphatic rings. The summed E-state index contributed by atoms with van der Waals surface area (Å²) < 4.78 is 9.91. The van der Waals surface area contributed by atoms with Gasteiger partial charge in [-0.3, -0.25) is 0 Å². The predicted molar refractivity (Wildman–Crippen MR) is 246 cm³/mol. The van der Waals surface area contributed by atoms with Crippen LogP contribution in [0.4, 0.5) is 11.4 Å². The van der Waals surface area contributed by atoms with Gasteiger partial charge >= 0.3 is 0 Å². The van der Waals surface area contributed by atoms with Crippen LogP contribution in [0.2, 0.25) is 0 Å². The van der Waals surface area contributed by atoms with E-state index in [2.05, 4.69) is 197 Å². The zero-order valence-electron chi connectivity index (χ0n) is 36.6. The minimum Gasteiger partial charge on any atom is -1.00 e. The molecule has 4 aromatic carbocycles. The first-order valence-corrected chi connectivity index (χ1v) is 21.9. The minimum atomic E-state index is 0. The fraction of sp³-hybridized carbons (Fsp3) is 0.375. The van der Waals surface area contributed by atoms with Crippen molar-refractivity contribution in [2.75, 3.05) is 92.4 Å². The maximum Gasteiger partial charge on any atom is 0.262 e. The molecule has 0 aliphatic heterocycles. The zero-order chi connectivity index (χ0) is 39.7. The van der Waals surface area contributed by atoms with Crippen LogP contribution in [0.5, 0.6) is 0 Å². The summed E-state index contributed by atoms with van der Waals surface area (Å²) >= 11 is 3.78. The van der Waals surface area contributed by atoms with Crippen LogP contribution in [0.15, 0.2) is 97.1 Å². The van der Waals surface area contributed by atoms with Gasteiger partial charge in [0, 0.05) is 76.7 Å². The van der Waals surface area contributed by atoms with Crippen LogP contribution in [-0.2, 0) is 13.1 Å². The number of aromatic nitrogens is 2. The van der Waals surface area contributed by atoms with Crippen LogP contribution in [0.1, 0.15) is 46.8 Å². The normalized spacial score (nSPS) is 11.7. The highest BCUT2D eigenvalue weighted by Gasteiger charge is 2.23. The first-order valence-electron chi connectivity index (χ1n) is 20.3. The van der Waals surface area contributed by atoms with Gasteiger partial charge in [0.15, 0.2) is 13.1 Å². The second kappa shape index (κ2) is 25.8. The summed E-state index contributed by atoms with van der Waals surface area (Å²) in [5.74, 6) is 0. The zero-order valence-corrected chi connectivity index (χ0v) is 46.9. The van der Waals surface area contributed by atoms with Crippen LogP contribution in [0.3, 0.4) is 0 Å². The Morgan fingerprint density at radius 2 is 0.783 bits per heavy atom. The number of benzene rings is 4. The number of nitrogens with zero attached hydrogens (tertiary/aromatic N) is 6. The third-order valence-electron chi connectivity index (χ3n) is 11.0. The quantitative estimate of drug-likeness (QED) is 0.0390. The molecule has 0 unspecified atom stereocenters. The fourth-order valence-electron chi connectivity index (χ4n) is 7.53. The molecule has 0 spiro atoms. The van der Waals surface area contributed by atoms with E-state index in [1.165, 1.54) is 92.0 Å². The number of hydrogen-bond donors (Lipinski definition) is 0. The summed E-state index contributed by atoms with van der Waals surface area (Å²) in [6, 6.07) is 35.3. The van der Waals surface area contributed by atoms with E-state index in [0.717, 1.165) is 34.9 Å². The smallest absolute Gasteiger partial charge is 0.262 e. The molecule has 60 heavy (non-hydrogen) atoms. The number of fused-ring (bicyclic) bond motifs is 2. The number of para-hydroxylation sites is 2. The molecule has 0 N–H and O–H groups in total. The van der Waals surface area contributed by atoms with Gasteiger partial charge in [0.1, 0.15) is 9.40 Å². The second-order valence-electron chi connectivity index (χ2n) is 16.9. The van der Waals surface area contributed by atoms with Gasteiger partial charge in [-0.15, -0.1) is 0 Å². The third kappa shape index (κ3) is 15.7. The van der Waals surface area contributed by atoms with Crippen molar-refractivity contribution in [3.8, 4) is 0 Å². The van der Waals surface area contributed by atoms with Gasteiger partial charge in [-0.1, -0.05) is 71.2 Å². The van der Waals surface area contributed by atoms with Crippen molar-refractivity contribution >= 4 is 78.8 Å². The summed E-state index contributed by atoms with van der Waals surface area (Å²) in [5.41, 5.74) is 7.59. The lowest BCUT2D eigenvalue weighted by Crippen LogP contribution is -3.00. The molecule has 0 bridgehead atoms. The largest absolute Gasteiger partial charge is 1.00 e. The monoisotopic (exact) mass is 1300 g/mol. The molecule has 6 nitrogen and oxygen atoms in total. The number of anilines is 2. The van der Waals surface area contributed by atoms with Gasteiger partial charge in [0.25, 0.3) is 10.0 Å². The summed E-state index contributed by atoms with van der Waals surface area (Å²) in [7, 11) is 18.0. The Hall–Kier alpha value is -1.42. The van der Waals surface area contributed by atoms with Crippen molar-refractivity contribution in [3.63, 3.8) is 0 Å². The van der Waals surface area contributed by atoms with Crippen molar-refractivity contribution in [2.45, 2.75) is 38.8 Å². The van der Waals surface area contributed by atoms with E-state index < -0.39 is 0 Å². The molecule has 2 aromatic heterocycles. The number of halogens is 4. The van der Waals surface area contributed by atoms with E-state index in [-0.39, 0.29) is 95.9 Å². The summed E-state index contributed by atoms with van der Waals surface area (Å²) in [6.45, 7) is 6.86. The molecule has 0 atom stereocenters. The maximum atomic E-state index is 2.53. The van der Waals surface area contributed by atoms with E-state index >= 15 is 0 Å². The van der Waals surface area contributed by atoms with E-state index in [9.17, 15) is 0 Å². The molecule has 0 saturated carbocycles. The Labute approximate surface area is 437 Å². The van der Waals surface area contributed by atoms with E-state index in [4.69, 9.17) is 0 Å². The number of quaternary nitrogens is 2. The first-order chi connectivity index (χ1) is 26.9. The Morgan fingerprint density at radius 3 is 1.13 bits per heavy atom. The van der Waals surface area contributed by atoms with Gasteiger partial charge < -0.3 is 115 Å². The molecular weight excluding hydrogens is 1230 g/mol. The van der Waals surface area contributed by atoms with Gasteiger partial charge in [0.05, 0.1) is 67.2 Å². The van der Waals surface area contributed by atoms with Gasteiger partial charge in [-0.05, 0) is 59.7 Å². The lowest BCUT2D eigenvalue weighted by atomic mass is 10.2. The van der Waals surface area contributed by atoms with Crippen molar-refractivity contribution in [1.29, 1.82) is 0 Å². The van der Waals surface area contributed by atoms with Crippen molar-refractivity contribution in [1.82, 2.24) is 0 Å². The summed E-state index contributed by atoms with van der Waals surface area (Å²) in [4.78, 5) is 4.29. The highest BCUT2D eigenvalue weighted by Crippen LogP contribution is 2.25. The molecule has 6 aromatic rings. The topological polar surface area (TPSA) is 14.2 Å². The average molecular weight is 1300 g/mol. The lowest BCUT2D eigenvalue weighted by Gasteiger charge is -2.32. The van der Waals surface area contributed by atoms with Crippen molar-refractivity contribution < 1.29 is 114 Å². The first kappa shape index (κ1) is 54.7. The Balaban J connectivity index is 0.00000310. The van der Waals surface area contributed by atoms with E-state index in [1.54, 1.807) is 0 Å². The standard InChI is InChI=1S/C48H64N6S2.4HI/c1-49(2)41-27-21-39(22-28-41)25-31-47-51(43-17-9-11-19-45(43)55-47)33-15-37-53(5,6)35-13-14-36-54(7,8)38-16-34-52-44-18-10-12-20-46(44)56-48(52)32-26-40-23-29-42(30-24-40)50(3)4;;;;/h9-12,17-32H,13-16,33-38H2,1-8H3;4*1H/q+4;;;;/p-4.